The number of benzene rings is 2. The first-order valence-corrected chi connectivity index (χ1v) is 8.71. The topological polar surface area (TPSA) is 66.5 Å². The molecule has 6 heteroatoms. The van der Waals surface area contributed by atoms with Crippen LogP contribution in [0.4, 0.5) is 5.69 Å². The molecule has 0 saturated carbocycles. The first-order chi connectivity index (χ1) is 10.8. The quantitative estimate of drug-likeness (QED) is 0.915. The van der Waals surface area contributed by atoms with Crippen molar-refractivity contribution >= 4 is 21.6 Å². The van der Waals surface area contributed by atoms with Crippen molar-refractivity contribution in [1.82, 2.24) is 4.31 Å². The highest BCUT2D eigenvalue weighted by molar-refractivity contribution is 7.89. The van der Waals surface area contributed by atoms with Crippen LogP contribution in [0.1, 0.15) is 22.8 Å². The van der Waals surface area contributed by atoms with Crippen LogP contribution in [0.5, 0.6) is 0 Å². The Morgan fingerprint density at radius 2 is 1.78 bits per heavy atom. The first kappa shape index (κ1) is 17.2. The highest BCUT2D eigenvalue weighted by Crippen LogP contribution is 2.17. The second-order valence-corrected chi connectivity index (χ2v) is 7.48. The Balaban J connectivity index is 2.26. The van der Waals surface area contributed by atoms with Gasteiger partial charge in [-0.1, -0.05) is 25.1 Å². The minimum Gasteiger partial charge on any atom is -0.322 e. The molecule has 0 bridgehead atoms. The van der Waals surface area contributed by atoms with Gasteiger partial charge < -0.3 is 5.32 Å². The van der Waals surface area contributed by atoms with E-state index in [1.807, 2.05) is 25.1 Å². The summed E-state index contributed by atoms with van der Waals surface area (Å²) >= 11 is 0. The number of rotatable bonds is 5. The van der Waals surface area contributed by atoms with E-state index in [-0.39, 0.29) is 10.8 Å². The molecule has 1 amide bonds. The third kappa shape index (κ3) is 3.97. The third-order valence-corrected chi connectivity index (χ3v) is 5.28. The van der Waals surface area contributed by atoms with Crippen molar-refractivity contribution in [2.24, 2.45) is 0 Å². The lowest BCUT2D eigenvalue weighted by atomic mass is 10.1. The Bertz CT molecular complexity index is 814. The van der Waals surface area contributed by atoms with E-state index in [4.69, 9.17) is 0 Å². The minimum absolute atomic E-state index is 0.0949. The fourth-order valence-electron chi connectivity index (χ4n) is 2.08. The van der Waals surface area contributed by atoms with Crippen LogP contribution >= 0.6 is 0 Å². The van der Waals surface area contributed by atoms with Crippen LogP contribution in [0.3, 0.4) is 0 Å². The number of anilines is 1. The molecule has 0 aliphatic carbocycles. The van der Waals surface area contributed by atoms with Gasteiger partial charge in [-0.25, -0.2) is 12.7 Å². The normalized spacial score (nSPS) is 11.5. The van der Waals surface area contributed by atoms with E-state index in [0.717, 1.165) is 16.3 Å². The van der Waals surface area contributed by atoms with Crippen LogP contribution in [0.2, 0.25) is 0 Å². The van der Waals surface area contributed by atoms with Crippen LogP contribution in [0, 0.1) is 0 Å². The zero-order valence-electron chi connectivity index (χ0n) is 13.4. The van der Waals surface area contributed by atoms with E-state index in [0.29, 0.717) is 11.3 Å². The van der Waals surface area contributed by atoms with Crippen LogP contribution < -0.4 is 5.32 Å². The lowest BCUT2D eigenvalue weighted by Gasteiger charge is -2.12. The second-order valence-electron chi connectivity index (χ2n) is 5.32. The molecule has 2 aromatic carbocycles. The summed E-state index contributed by atoms with van der Waals surface area (Å²) in [6.45, 7) is 2.04. The number of nitrogens with zero attached hydrogens (tertiary/aromatic N) is 1. The van der Waals surface area contributed by atoms with Crippen LogP contribution in [-0.4, -0.2) is 32.7 Å². The maximum absolute atomic E-state index is 12.3. The summed E-state index contributed by atoms with van der Waals surface area (Å²) in [6.07, 6.45) is 0.875. The summed E-state index contributed by atoms with van der Waals surface area (Å²) in [6, 6.07) is 13.6. The van der Waals surface area contributed by atoms with Gasteiger partial charge in [-0.15, -0.1) is 0 Å². The van der Waals surface area contributed by atoms with Crippen LogP contribution in [-0.2, 0) is 16.4 Å². The molecular formula is C17H20N2O3S. The van der Waals surface area contributed by atoms with E-state index in [2.05, 4.69) is 5.32 Å². The number of amides is 1. The molecule has 0 aliphatic rings. The standard InChI is InChI=1S/C17H20N2O3S/c1-4-13-7-5-9-15(11-13)18-17(20)14-8-6-10-16(12-14)23(21,22)19(2)3/h5-12H,4H2,1-3H3,(H,18,20). The molecule has 2 aromatic rings. The number of aryl methyl sites for hydroxylation is 1. The molecule has 1 N–H and O–H groups in total. The predicted octanol–water partition coefficient (Wildman–Crippen LogP) is 2.75. The average molecular weight is 332 g/mol. The Kier molecular flexibility index (Phi) is 5.18. The Morgan fingerprint density at radius 3 is 2.43 bits per heavy atom. The molecule has 0 saturated heterocycles. The number of carbonyl (C=O) groups is 1. The fraction of sp³-hybridized carbons (Fsp3) is 0.235. The molecule has 2 rings (SSSR count). The maximum atomic E-state index is 12.3. The summed E-state index contributed by atoms with van der Waals surface area (Å²) in [5, 5.41) is 2.79. The van der Waals surface area contributed by atoms with Gasteiger partial charge in [0.25, 0.3) is 5.91 Å². The van der Waals surface area contributed by atoms with E-state index >= 15 is 0 Å². The molecule has 0 spiro atoms. The van der Waals surface area contributed by atoms with Crippen molar-refractivity contribution in [2.45, 2.75) is 18.2 Å². The molecule has 0 radical (unpaired) electrons. The monoisotopic (exact) mass is 332 g/mol. The van der Waals surface area contributed by atoms with Crippen molar-refractivity contribution in [3.8, 4) is 0 Å². The molecule has 23 heavy (non-hydrogen) atoms. The summed E-state index contributed by atoms with van der Waals surface area (Å²) in [5.74, 6) is -0.339. The molecule has 0 heterocycles. The van der Waals surface area contributed by atoms with Gasteiger partial charge in [0.05, 0.1) is 4.90 Å². The van der Waals surface area contributed by atoms with Crippen molar-refractivity contribution in [3.63, 3.8) is 0 Å². The van der Waals surface area contributed by atoms with E-state index in [1.54, 1.807) is 18.2 Å². The van der Waals surface area contributed by atoms with Crippen LogP contribution in [0.15, 0.2) is 53.4 Å². The molecule has 0 fully saturated rings. The van der Waals surface area contributed by atoms with Gasteiger partial charge in [-0.05, 0) is 42.3 Å². The van der Waals surface area contributed by atoms with E-state index < -0.39 is 10.0 Å². The minimum atomic E-state index is -3.56. The van der Waals surface area contributed by atoms with Crippen molar-refractivity contribution in [2.75, 3.05) is 19.4 Å². The first-order valence-electron chi connectivity index (χ1n) is 7.27. The van der Waals surface area contributed by atoms with Gasteiger partial charge in [0, 0.05) is 25.3 Å². The maximum Gasteiger partial charge on any atom is 0.255 e. The van der Waals surface area contributed by atoms with Crippen molar-refractivity contribution < 1.29 is 13.2 Å². The number of nitrogens with one attached hydrogen (secondary N) is 1. The molecule has 0 aromatic heterocycles. The van der Waals surface area contributed by atoms with Crippen LogP contribution in [0.25, 0.3) is 0 Å². The van der Waals surface area contributed by atoms with Gasteiger partial charge >= 0.3 is 0 Å². The highest BCUT2D eigenvalue weighted by atomic mass is 32.2. The summed E-state index contributed by atoms with van der Waals surface area (Å²) in [5.41, 5.74) is 2.11. The smallest absolute Gasteiger partial charge is 0.255 e. The lowest BCUT2D eigenvalue weighted by Crippen LogP contribution is -2.22. The van der Waals surface area contributed by atoms with Crippen molar-refractivity contribution in [1.29, 1.82) is 0 Å². The lowest BCUT2D eigenvalue weighted by molar-refractivity contribution is 0.102. The molecular weight excluding hydrogens is 312 g/mol. The third-order valence-electron chi connectivity index (χ3n) is 3.47. The number of hydrogen-bond acceptors (Lipinski definition) is 3. The number of hydrogen-bond donors (Lipinski definition) is 1. The van der Waals surface area contributed by atoms with Gasteiger partial charge in [0.1, 0.15) is 0 Å². The molecule has 0 aliphatic heterocycles. The number of sulfonamides is 1. The SMILES string of the molecule is CCc1cccc(NC(=O)c2cccc(S(=O)(=O)N(C)C)c2)c1. The molecule has 0 atom stereocenters. The zero-order valence-corrected chi connectivity index (χ0v) is 14.2. The molecule has 0 unspecified atom stereocenters. The van der Waals surface area contributed by atoms with Gasteiger partial charge in [-0.3, -0.25) is 4.79 Å². The van der Waals surface area contributed by atoms with E-state index in [9.17, 15) is 13.2 Å². The van der Waals surface area contributed by atoms with Gasteiger partial charge in [0.2, 0.25) is 10.0 Å². The molecule has 5 nitrogen and oxygen atoms in total. The summed E-state index contributed by atoms with van der Waals surface area (Å²) in [7, 11) is -0.650. The summed E-state index contributed by atoms with van der Waals surface area (Å²) < 4.78 is 25.4. The Labute approximate surface area is 137 Å². The van der Waals surface area contributed by atoms with Gasteiger partial charge in [0.15, 0.2) is 0 Å². The molecule has 122 valence electrons. The van der Waals surface area contributed by atoms with E-state index in [1.165, 1.54) is 26.2 Å². The Morgan fingerprint density at radius 1 is 1.09 bits per heavy atom. The highest BCUT2D eigenvalue weighted by Gasteiger charge is 2.18. The summed E-state index contributed by atoms with van der Waals surface area (Å²) in [4.78, 5) is 12.4. The predicted molar refractivity (Wildman–Crippen MR) is 91.1 cm³/mol. The van der Waals surface area contributed by atoms with Crippen molar-refractivity contribution in [3.05, 3.63) is 59.7 Å². The second kappa shape index (κ2) is 6.93. The Hall–Kier alpha value is -2.18. The zero-order chi connectivity index (χ0) is 17.0. The largest absolute Gasteiger partial charge is 0.322 e. The van der Waals surface area contributed by atoms with Gasteiger partial charge in [-0.2, -0.15) is 0 Å². The fourth-order valence-corrected chi connectivity index (χ4v) is 3.03. The average Bonchev–Trinajstić information content (AvgIpc) is 2.55. The number of carbonyl (C=O) groups excluding carboxylic acids is 1.